The van der Waals surface area contributed by atoms with E-state index in [2.05, 4.69) is 20.8 Å². The van der Waals surface area contributed by atoms with Crippen LogP contribution in [0.1, 0.15) is 32.9 Å². The molecule has 0 unspecified atom stereocenters. The standard InChI is InChI=1S/C14H16N4O3S/c1-2-11-17-18-12(22-11)8-16-14(21)15-7-9-3-5-10(6-4-9)13(19)20/h3-6H,2,7-8H2,1H3,(H,19,20)(H2,15,16,21). The number of aromatic nitrogens is 2. The second-order valence-corrected chi connectivity index (χ2v) is 5.63. The van der Waals surface area contributed by atoms with Gasteiger partial charge in [0, 0.05) is 6.54 Å². The van der Waals surface area contributed by atoms with Crippen LogP contribution >= 0.6 is 11.3 Å². The quantitative estimate of drug-likeness (QED) is 0.753. The Morgan fingerprint density at radius 3 is 2.32 bits per heavy atom. The highest BCUT2D eigenvalue weighted by Crippen LogP contribution is 2.09. The molecule has 0 spiro atoms. The number of aromatic carboxylic acids is 1. The van der Waals surface area contributed by atoms with Gasteiger partial charge in [0.1, 0.15) is 10.0 Å². The SMILES string of the molecule is CCc1nnc(CNC(=O)NCc2ccc(C(=O)O)cc2)s1. The number of carboxylic acids is 1. The van der Waals surface area contributed by atoms with Crippen molar-refractivity contribution < 1.29 is 14.7 Å². The lowest BCUT2D eigenvalue weighted by atomic mass is 10.1. The fraction of sp³-hybridized carbons (Fsp3) is 0.286. The first kappa shape index (κ1) is 15.9. The van der Waals surface area contributed by atoms with Crippen LogP contribution in [0, 0.1) is 0 Å². The molecule has 0 bridgehead atoms. The Hall–Kier alpha value is -2.48. The van der Waals surface area contributed by atoms with Crippen molar-refractivity contribution in [2.24, 2.45) is 0 Å². The molecule has 0 radical (unpaired) electrons. The van der Waals surface area contributed by atoms with Gasteiger partial charge in [-0.2, -0.15) is 0 Å². The van der Waals surface area contributed by atoms with Gasteiger partial charge in [0.2, 0.25) is 0 Å². The van der Waals surface area contributed by atoms with E-state index in [1.54, 1.807) is 12.1 Å². The molecule has 2 amide bonds. The van der Waals surface area contributed by atoms with Crippen LogP contribution in [0.15, 0.2) is 24.3 Å². The molecule has 0 aliphatic carbocycles. The Labute approximate surface area is 131 Å². The Kier molecular flexibility index (Phi) is 5.42. The maximum Gasteiger partial charge on any atom is 0.335 e. The molecule has 7 nitrogen and oxygen atoms in total. The van der Waals surface area contributed by atoms with Gasteiger partial charge in [-0.15, -0.1) is 10.2 Å². The highest BCUT2D eigenvalue weighted by atomic mass is 32.1. The summed E-state index contributed by atoms with van der Waals surface area (Å²) in [5.41, 5.74) is 1.04. The lowest BCUT2D eigenvalue weighted by molar-refractivity contribution is 0.0697. The van der Waals surface area contributed by atoms with Gasteiger partial charge in [-0.1, -0.05) is 30.4 Å². The maximum atomic E-state index is 11.7. The van der Waals surface area contributed by atoms with Gasteiger partial charge in [-0.05, 0) is 24.1 Å². The number of hydrogen-bond donors (Lipinski definition) is 3. The molecule has 1 aromatic carbocycles. The number of urea groups is 1. The number of nitrogens with zero attached hydrogens (tertiary/aromatic N) is 2. The van der Waals surface area contributed by atoms with Gasteiger partial charge in [0.05, 0.1) is 12.1 Å². The van der Waals surface area contributed by atoms with Crippen LogP contribution in [0.3, 0.4) is 0 Å². The van der Waals surface area contributed by atoms with Gasteiger partial charge in [0.25, 0.3) is 0 Å². The average molecular weight is 320 g/mol. The second-order valence-electron chi connectivity index (χ2n) is 4.48. The second kappa shape index (κ2) is 7.51. The third kappa shape index (κ3) is 4.52. The fourth-order valence-electron chi connectivity index (χ4n) is 1.67. The van der Waals surface area contributed by atoms with Crippen molar-refractivity contribution in [1.82, 2.24) is 20.8 Å². The van der Waals surface area contributed by atoms with E-state index in [9.17, 15) is 9.59 Å². The van der Waals surface area contributed by atoms with E-state index in [4.69, 9.17) is 5.11 Å². The first-order chi connectivity index (χ1) is 10.6. The Balaban J connectivity index is 1.76. The van der Waals surface area contributed by atoms with Gasteiger partial charge >= 0.3 is 12.0 Å². The summed E-state index contributed by atoms with van der Waals surface area (Å²) in [6.07, 6.45) is 0.830. The predicted octanol–water partition coefficient (Wildman–Crippen LogP) is 1.80. The molecule has 8 heteroatoms. The van der Waals surface area contributed by atoms with E-state index in [0.29, 0.717) is 13.1 Å². The van der Waals surface area contributed by atoms with Crippen LogP contribution < -0.4 is 10.6 Å². The molecular formula is C14H16N4O3S. The zero-order valence-corrected chi connectivity index (χ0v) is 12.8. The molecular weight excluding hydrogens is 304 g/mol. The van der Waals surface area contributed by atoms with Crippen LogP contribution in [0.4, 0.5) is 4.79 Å². The summed E-state index contributed by atoms with van der Waals surface area (Å²) in [6.45, 7) is 2.66. The van der Waals surface area contributed by atoms with Crippen LogP contribution in [-0.2, 0) is 19.5 Å². The topological polar surface area (TPSA) is 104 Å². The summed E-state index contributed by atoms with van der Waals surface area (Å²) in [6, 6.07) is 6.04. The number of carbonyl (C=O) groups excluding carboxylic acids is 1. The van der Waals surface area contributed by atoms with E-state index >= 15 is 0 Å². The van der Waals surface area contributed by atoms with Gasteiger partial charge in [-0.25, -0.2) is 9.59 Å². The molecule has 0 aliphatic heterocycles. The van der Waals surface area contributed by atoms with E-state index in [-0.39, 0.29) is 11.6 Å². The zero-order valence-electron chi connectivity index (χ0n) is 12.0. The molecule has 0 saturated heterocycles. The van der Waals surface area contributed by atoms with E-state index in [1.807, 2.05) is 6.92 Å². The molecule has 1 aromatic heterocycles. The molecule has 0 atom stereocenters. The minimum atomic E-state index is -0.972. The molecule has 22 heavy (non-hydrogen) atoms. The van der Waals surface area contributed by atoms with Crippen molar-refractivity contribution >= 4 is 23.3 Å². The van der Waals surface area contributed by atoms with Gasteiger partial charge in [-0.3, -0.25) is 0 Å². The van der Waals surface area contributed by atoms with Crippen molar-refractivity contribution in [2.75, 3.05) is 0 Å². The van der Waals surface area contributed by atoms with Crippen molar-refractivity contribution in [2.45, 2.75) is 26.4 Å². The summed E-state index contributed by atoms with van der Waals surface area (Å²) in [4.78, 5) is 22.4. The molecule has 2 rings (SSSR count). The lowest BCUT2D eigenvalue weighted by Crippen LogP contribution is -2.34. The Bertz CT molecular complexity index is 654. The van der Waals surface area contributed by atoms with Crippen LogP contribution in [0.2, 0.25) is 0 Å². The summed E-state index contributed by atoms with van der Waals surface area (Å²) >= 11 is 1.47. The minimum Gasteiger partial charge on any atom is -0.478 e. The number of carboxylic acid groups (broad SMARTS) is 1. The van der Waals surface area contributed by atoms with Gasteiger partial charge in [0.15, 0.2) is 0 Å². The van der Waals surface area contributed by atoms with Crippen LogP contribution in [0.5, 0.6) is 0 Å². The van der Waals surface area contributed by atoms with E-state index in [1.165, 1.54) is 23.5 Å². The summed E-state index contributed by atoms with van der Waals surface area (Å²) in [7, 11) is 0. The lowest BCUT2D eigenvalue weighted by Gasteiger charge is -2.06. The first-order valence-electron chi connectivity index (χ1n) is 6.73. The maximum absolute atomic E-state index is 11.7. The first-order valence-corrected chi connectivity index (χ1v) is 7.55. The summed E-state index contributed by atoms with van der Waals surface area (Å²) in [5, 5.41) is 23.9. The van der Waals surface area contributed by atoms with E-state index in [0.717, 1.165) is 22.0 Å². The number of benzene rings is 1. The summed E-state index contributed by atoms with van der Waals surface area (Å²) < 4.78 is 0. The smallest absolute Gasteiger partial charge is 0.335 e. The largest absolute Gasteiger partial charge is 0.478 e. The van der Waals surface area contributed by atoms with E-state index < -0.39 is 5.97 Å². The molecule has 116 valence electrons. The monoisotopic (exact) mass is 320 g/mol. The normalized spacial score (nSPS) is 10.2. The highest BCUT2D eigenvalue weighted by Gasteiger charge is 2.06. The molecule has 2 aromatic rings. The van der Waals surface area contributed by atoms with Gasteiger partial charge < -0.3 is 15.7 Å². The Morgan fingerprint density at radius 1 is 1.09 bits per heavy atom. The fourth-order valence-corrected chi connectivity index (χ4v) is 2.39. The predicted molar refractivity (Wildman–Crippen MR) is 81.8 cm³/mol. The molecule has 0 aliphatic rings. The summed E-state index contributed by atoms with van der Waals surface area (Å²) in [5.74, 6) is -0.972. The Morgan fingerprint density at radius 2 is 1.73 bits per heavy atom. The van der Waals surface area contributed by atoms with Crippen molar-refractivity contribution in [3.8, 4) is 0 Å². The van der Waals surface area contributed by atoms with Crippen molar-refractivity contribution in [1.29, 1.82) is 0 Å². The van der Waals surface area contributed by atoms with Crippen LogP contribution in [-0.4, -0.2) is 27.3 Å². The van der Waals surface area contributed by atoms with Crippen LogP contribution in [0.25, 0.3) is 0 Å². The molecule has 1 heterocycles. The number of aryl methyl sites for hydroxylation is 1. The average Bonchev–Trinajstić information content (AvgIpc) is 2.99. The highest BCUT2D eigenvalue weighted by molar-refractivity contribution is 7.11. The minimum absolute atomic E-state index is 0.219. The molecule has 3 N–H and O–H groups in total. The van der Waals surface area contributed by atoms with Crippen molar-refractivity contribution in [3.05, 3.63) is 45.4 Å². The third-order valence-electron chi connectivity index (χ3n) is 2.87. The number of carbonyl (C=O) groups is 2. The zero-order chi connectivity index (χ0) is 15.9. The number of nitrogens with one attached hydrogen (secondary N) is 2. The number of amides is 2. The third-order valence-corrected chi connectivity index (χ3v) is 3.93. The number of rotatable bonds is 6. The van der Waals surface area contributed by atoms with Crippen molar-refractivity contribution in [3.63, 3.8) is 0 Å². The molecule has 0 fully saturated rings. The molecule has 0 saturated carbocycles. The number of hydrogen-bond acceptors (Lipinski definition) is 5.